The maximum atomic E-state index is 10.5. The van der Waals surface area contributed by atoms with E-state index in [1.54, 1.807) is 11.3 Å². The van der Waals surface area contributed by atoms with Gasteiger partial charge in [0.15, 0.2) is 0 Å². The van der Waals surface area contributed by atoms with Gasteiger partial charge in [-0.05, 0) is 86.2 Å². The number of hydrogen-bond donors (Lipinski definition) is 1. The molecule has 2 saturated heterocycles. The molecule has 4 rings (SSSR count). The molecule has 4 heterocycles. The molecule has 0 aromatic carbocycles. The maximum absolute atomic E-state index is 10.5. The second-order valence-electron chi connectivity index (χ2n) is 7.48. The number of aliphatic hydroxyl groups excluding tert-OH is 1. The van der Waals surface area contributed by atoms with E-state index in [1.165, 1.54) is 36.4 Å². The SMILES string of the molecule is OC(c1cccs1)C1CCN(Cc2cc(CN3CCCC3)cs2)CC1. The second-order valence-corrected chi connectivity index (χ2v) is 9.45. The van der Waals surface area contributed by atoms with Crippen molar-refractivity contribution in [2.24, 2.45) is 5.92 Å². The standard InChI is InChI=1S/C20H28N2OS2/c23-20(19-4-3-11-24-19)17-5-9-22(10-6-17)14-18-12-16(15-25-18)13-21-7-1-2-8-21/h3-4,11-12,15,17,20,23H,1-2,5-10,13-14H2. The molecule has 0 bridgehead atoms. The van der Waals surface area contributed by atoms with Gasteiger partial charge in [0.2, 0.25) is 0 Å². The number of thiophene rings is 2. The summed E-state index contributed by atoms with van der Waals surface area (Å²) < 4.78 is 0. The van der Waals surface area contributed by atoms with Crippen LogP contribution >= 0.6 is 22.7 Å². The van der Waals surface area contributed by atoms with E-state index >= 15 is 0 Å². The first-order valence-corrected chi connectivity index (χ1v) is 11.3. The summed E-state index contributed by atoms with van der Waals surface area (Å²) in [4.78, 5) is 7.75. The van der Waals surface area contributed by atoms with Gasteiger partial charge in [0.25, 0.3) is 0 Å². The molecule has 136 valence electrons. The Hall–Kier alpha value is -0.720. The molecule has 0 spiro atoms. The van der Waals surface area contributed by atoms with Gasteiger partial charge < -0.3 is 5.11 Å². The van der Waals surface area contributed by atoms with Crippen molar-refractivity contribution in [3.63, 3.8) is 0 Å². The molecule has 1 N–H and O–H groups in total. The first-order valence-electron chi connectivity index (χ1n) is 9.50. The summed E-state index contributed by atoms with van der Waals surface area (Å²) in [6.45, 7) is 6.95. The van der Waals surface area contributed by atoms with E-state index in [0.717, 1.165) is 43.9 Å². The molecular formula is C20H28N2OS2. The molecule has 2 aliphatic rings. The lowest BCUT2D eigenvalue weighted by atomic mass is 9.90. The lowest BCUT2D eigenvalue weighted by molar-refractivity contribution is 0.0594. The maximum Gasteiger partial charge on any atom is 0.0910 e. The molecule has 3 nitrogen and oxygen atoms in total. The van der Waals surface area contributed by atoms with E-state index in [0.29, 0.717) is 5.92 Å². The Kier molecular flexibility index (Phi) is 5.88. The van der Waals surface area contributed by atoms with Gasteiger partial charge in [0.05, 0.1) is 6.10 Å². The summed E-state index contributed by atoms with van der Waals surface area (Å²) in [6, 6.07) is 6.51. The summed E-state index contributed by atoms with van der Waals surface area (Å²) in [7, 11) is 0. The molecule has 0 aliphatic carbocycles. The molecule has 5 heteroatoms. The Labute approximate surface area is 158 Å². The van der Waals surface area contributed by atoms with Crippen LogP contribution in [0.1, 0.15) is 47.1 Å². The van der Waals surface area contributed by atoms with Crippen LogP contribution in [0.4, 0.5) is 0 Å². The van der Waals surface area contributed by atoms with Crippen LogP contribution in [-0.4, -0.2) is 41.1 Å². The van der Waals surface area contributed by atoms with E-state index in [9.17, 15) is 5.11 Å². The van der Waals surface area contributed by atoms with Crippen LogP contribution in [0.25, 0.3) is 0 Å². The molecule has 1 atom stereocenters. The number of aliphatic hydroxyl groups is 1. The zero-order valence-corrected chi connectivity index (χ0v) is 16.4. The highest BCUT2D eigenvalue weighted by Gasteiger charge is 2.27. The lowest BCUT2D eigenvalue weighted by Crippen LogP contribution is -2.34. The summed E-state index contributed by atoms with van der Waals surface area (Å²) in [6.07, 6.45) is 4.67. The molecule has 1 unspecified atom stereocenters. The molecule has 2 fully saturated rings. The molecule has 0 saturated carbocycles. The number of piperidine rings is 1. The van der Waals surface area contributed by atoms with Crippen LogP contribution in [0.3, 0.4) is 0 Å². The van der Waals surface area contributed by atoms with Gasteiger partial charge in [-0.15, -0.1) is 22.7 Å². The molecule has 2 aromatic rings. The Morgan fingerprint density at radius 3 is 2.52 bits per heavy atom. The van der Waals surface area contributed by atoms with Crippen LogP contribution < -0.4 is 0 Å². The number of rotatable bonds is 6. The summed E-state index contributed by atoms with van der Waals surface area (Å²) in [5, 5.41) is 14.9. The van der Waals surface area contributed by atoms with Gasteiger partial charge in [0.1, 0.15) is 0 Å². The normalized spacial score (nSPS) is 21.8. The van der Waals surface area contributed by atoms with Gasteiger partial charge in [-0.25, -0.2) is 0 Å². The quantitative estimate of drug-likeness (QED) is 0.812. The molecular weight excluding hydrogens is 348 g/mol. The summed E-state index contributed by atoms with van der Waals surface area (Å²) in [5.41, 5.74) is 1.49. The summed E-state index contributed by atoms with van der Waals surface area (Å²) >= 11 is 3.59. The zero-order chi connectivity index (χ0) is 17.1. The molecule has 25 heavy (non-hydrogen) atoms. The van der Waals surface area contributed by atoms with Gasteiger partial charge >= 0.3 is 0 Å². The fourth-order valence-electron chi connectivity index (χ4n) is 4.13. The summed E-state index contributed by atoms with van der Waals surface area (Å²) in [5.74, 6) is 0.420. The van der Waals surface area contributed by atoms with E-state index < -0.39 is 0 Å². The van der Waals surface area contributed by atoms with E-state index in [-0.39, 0.29) is 6.10 Å². The van der Waals surface area contributed by atoms with Crippen molar-refractivity contribution in [2.45, 2.75) is 44.9 Å². The van der Waals surface area contributed by atoms with E-state index in [1.807, 2.05) is 17.4 Å². The van der Waals surface area contributed by atoms with E-state index in [4.69, 9.17) is 0 Å². The lowest BCUT2D eigenvalue weighted by Gasteiger charge is -2.33. The van der Waals surface area contributed by atoms with Crippen molar-refractivity contribution < 1.29 is 5.11 Å². The molecule has 2 aromatic heterocycles. The van der Waals surface area contributed by atoms with Crippen molar-refractivity contribution in [1.29, 1.82) is 0 Å². The number of hydrogen-bond acceptors (Lipinski definition) is 5. The zero-order valence-electron chi connectivity index (χ0n) is 14.8. The second kappa shape index (κ2) is 8.31. The molecule has 0 radical (unpaired) electrons. The highest BCUT2D eigenvalue weighted by Crippen LogP contribution is 2.33. The van der Waals surface area contributed by atoms with Crippen LogP contribution in [-0.2, 0) is 13.1 Å². The third-order valence-corrected chi connectivity index (χ3v) is 7.52. The van der Waals surface area contributed by atoms with Gasteiger partial charge in [-0.1, -0.05) is 6.07 Å². The molecule has 0 amide bonds. The minimum absolute atomic E-state index is 0.268. The Morgan fingerprint density at radius 2 is 1.80 bits per heavy atom. The Bertz CT molecular complexity index is 640. The smallest absolute Gasteiger partial charge is 0.0910 e. The average Bonchev–Trinajstić information content (AvgIpc) is 3.38. The fourth-order valence-corrected chi connectivity index (χ4v) is 5.86. The third kappa shape index (κ3) is 4.52. The van der Waals surface area contributed by atoms with Crippen LogP contribution in [0.5, 0.6) is 0 Å². The van der Waals surface area contributed by atoms with Crippen LogP contribution in [0.15, 0.2) is 29.0 Å². The van der Waals surface area contributed by atoms with Crippen molar-refractivity contribution >= 4 is 22.7 Å². The van der Waals surface area contributed by atoms with Crippen molar-refractivity contribution in [2.75, 3.05) is 26.2 Å². The predicted octanol–water partition coefficient (Wildman–Crippen LogP) is 4.35. The van der Waals surface area contributed by atoms with Crippen molar-refractivity contribution in [3.8, 4) is 0 Å². The third-order valence-electron chi connectivity index (χ3n) is 5.61. The van der Waals surface area contributed by atoms with E-state index in [2.05, 4.69) is 32.7 Å². The Morgan fingerprint density at radius 1 is 1.04 bits per heavy atom. The van der Waals surface area contributed by atoms with Gasteiger partial charge in [-0.2, -0.15) is 0 Å². The van der Waals surface area contributed by atoms with Crippen LogP contribution in [0, 0.1) is 5.92 Å². The topological polar surface area (TPSA) is 26.7 Å². The van der Waals surface area contributed by atoms with Crippen molar-refractivity contribution in [3.05, 3.63) is 44.3 Å². The molecule has 2 aliphatic heterocycles. The minimum Gasteiger partial charge on any atom is -0.387 e. The minimum atomic E-state index is -0.268. The Balaban J connectivity index is 1.25. The largest absolute Gasteiger partial charge is 0.387 e. The highest BCUT2D eigenvalue weighted by molar-refractivity contribution is 7.10. The number of nitrogens with zero attached hydrogens (tertiary/aromatic N) is 2. The van der Waals surface area contributed by atoms with Gasteiger partial charge in [-0.3, -0.25) is 9.80 Å². The predicted molar refractivity (Wildman–Crippen MR) is 106 cm³/mol. The highest BCUT2D eigenvalue weighted by atomic mass is 32.1. The first kappa shape index (κ1) is 17.7. The average molecular weight is 377 g/mol. The first-order chi connectivity index (χ1) is 12.3. The monoisotopic (exact) mass is 376 g/mol. The van der Waals surface area contributed by atoms with Gasteiger partial charge in [0, 0.05) is 22.8 Å². The van der Waals surface area contributed by atoms with Crippen molar-refractivity contribution in [1.82, 2.24) is 9.80 Å². The van der Waals surface area contributed by atoms with Crippen LogP contribution in [0.2, 0.25) is 0 Å². The fraction of sp³-hybridized carbons (Fsp3) is 0.600. The number of likely N-dealkylation sites (tertiary alicyclic amines) is 2.